The summed E-state index contributed by atoms with van der Waals surface area (Å²) in [6.07, 6.45) is -22.7. The smallest absolute Gasteiger partial charge is 0.387 e. The summed E-state index contributed by atoms with van der Waals surface area (Å²) in [5, 5.41) is 45.0. The number of nitrogens with one attached hydrogen (secondary N) is 2. The Kier molecular flexibility index (Phi) is 16.0. The van der Waals surface area contributed by atoms with Crippen LogP contribution in [0.4, 0.5) is 29.7 Å². The number of halogens is 3. The number of urea groups is 1. The second-order valence-electron chi connectivity index (χ2n) is 15.7. The van der Waals surface area contributed by atoms with Crippen LogP contribution in [0.5, 0.6) is 0 Å². The van der Waals surface area contributed by atoms with Crippen LogP contribution in [-0.4, -0.2) is 172 Å². The number of aliphatic hydroxyl groups is 4. The normalized spacial score (nSPS) is 31.3. The Morgan fingerprint density at radius 1 is 0.904 bits per heavy atom. The molecule has 16 atom stereocenters. The van der Waals surface area contributed by atoms with E-state index in [1.807, 2.05) is 0 Å². The molecule has 0 aromatic carbocycles. The highest BCUT2D eigenvalue weighted by Crippen LogP contribution is 2.61. The SMILES string of the molecule is C=C1C=CN([C@@H]2O[C@H](COP(=O)(O)OC3[C@@H](COP(=O)(O)OP(O)OP(O)OC[C@H]4O[C@@H]([n+]5cn(C)c6c(=O)[nH]c(N)nc65)[C@@H](O)C4O)O[C@@H](n4cnc5c(N)ncnc54)[C@H]3OC(F)(F)F)C(O)[C@@H]2O)C(=O)N1. The number of rotatable bonds is 19. The number of hydrogen-bond acceptors (Lipinski definition) is 26. The Bertz CT molecular complexity index is 2900. The summed E-state index contributed by atoms with van der Waals surface area (Å²) in [4.78, 5) is 85.8. The molecule has 0 bridgehead atoms. The number of amides is 2. The number of ether oxygens (including phenoxy) is 4. The quantitative estimate of drug-likeness (QED) is 0.0343. The van der Waals surface area contributed by atoms with Gasteiger partial charge in [0.1, 0.15) is 66.8 Å². The van der Waals surface area contributed by atoms with Gasteiger partial charge in [-0.2, -0.15) is 0 Å². The lowest BCUT2D eigenvalue weighted by Gasteiger charge is -2.30. The molecule has 41 heteroatoms. The minimum atomic E-state index is -5.73. The van der Waals surface area contributed by atoms with Gasteiger partial charge in [-0.15, -0.1) is 13.2 Å². The molecule has 0 spiro atoms. The zero-order valence-electron chi connectivity index (χ0n) is 36.6. The molecule has 3 saturated heterocycles. The van der Waals surface area contributed by atoms with Crippen molar-refractivity contribution in [2.24, 2.45) is 7.05 Å². The number of alkyl halides is 3. The van der Waals surface area contributed by atoms with E-state index in [4.69, 9.17) is 48.1 Å². The lowest BCUT2D eigenvalue weighted by atomic mass is 10.1. The van der Waals surface area contributed by atoms with Crippen molar-refractivity contribution >= 4 is 73.0 Å². The van der Waals surface area contributed by atoms with Gasteiger partial charge in [0.15, 0.2) is 30.2 Å². The van der Waals surface area contributed by atoms with Crippen LogP contribution in [0, 0.1) is 0 Å². The first-order valence-electron chi connectivity index (χ1n) is 20.4. The minimum absolute atomic E-state index is 0.0227. The van der Waals surface area contributed by atoms with Crippen molar-refractivity contribution in [3.8, 4) is 0 Å². The molecule has 402 valence electrons. The predicted octanol–water partition coefficient (Wildman–Crippen LogP) is -2.42. The molecular weight excluding hydrogens is 1090 g/mol. The second kappa shape index (κ2) is 21.3. The molecule has 3 fully saturated rings. The van der Waals surface area contributed by atoms with Crippen molar-refractivity contribution in [2.45, 2.75) is 80.0 Å². The molecule has 8 rings (SSSR count). The fourth-order valence-electron chi connectivity index (χ4n) is 7.73. The summed E-state index contributed by atoms with van der Waals surface area (Å²) in [6.45, 7) is 0.226. The van der Waals surface area contributed by atoms with Gasteiger partial charge in [0.2, 0.25) is 11.7 Å². The minimum Gasteiger partial charge on any atom is -0.387 e. The molecule has 0 radical (unpaired) electrons. The molecule has 0 saturated carbocycles. The first kappa shape index (κ1) is 54.9. The van der Waals surface area contributed by atoms with E-state index >= 15 is 0 Å². The summed E-state index contributed by atoms with van der Waals surface area (Å²) in [6, 6.07) is -0.845. The Hall–Kier alpha value is -4.36. The summed E-state index contributed by atoms with van der Waals surface area (Å²) in [5.74, 6) is -0.528. The Balaban J connectivity index is 0.928. The lowest BCUT2D eigenvalue weighted by Crippen LogP contribution is -2.49. The number of imidazole rings is 2. The summed E-state index contributed by atoms with van der Waals surface area (Å²) < 4.78 is 123. The van der Waals surface area contributed by atoms with Gasteiger partial charge in [0.05, 0.1) is 33.2 Å². The summed E-state index contributed by atoms with van der Waals surface area (Å²) in [5.41, 5.74) is 10.6. The highest BCUT2D eigenvalue weighted by atomic mass is 31.3. The first-order valence-corrected chi connectivity index (χ1v) is 25.7. The molecule has 4 aromatic rings. The number of nitrogen functional groups attached to an aromatic ring is 2. The molecule has 8 heterocycles. The molecule has 0 aliphatic carbocycles. The summed E-state index contributed by atoms with van der Waals surface area (Å²) in [7, 11) is -16.9. The van der Waals surface area contributed by atoms with Crippen molar-refractivity contribution in [2.75, 3.05) is 31.3 Å². The van der Waals surface area contributed by atoms with Gasteiger partial charge in [-0.1, -0.05) is 11.6 Å². The van der Waals surface area contributed by atoms with Crippen LogP contribution in [0.3, 0.4) is 0 Å². The number of phosphoric acid groups is 2. The van der Waals surface area contributed by atoms with E-state index in [0.717, 1.165) is 28.3 Å². The van der Waals surface area contributed by atoms with Crippen LogP contribution >= 0.6 is 32.9 Å². The number of carbonyl (C=O) groups excluding carboxylic acids is 1. The number of aryl methyl sites for hydroxylation is 1. The average molecular weight is 1130 g/mol. The fourth-order valence-corrected chi connectivity index (χ4v) is 11.2. The standard InChI is InChI=1S/C32H41F3N12O22P4/c1-11-3-4-45(31(53)41-11)27-19(50)18(49)13(64-27)6-61-72(56,57)67-21-14(65-29(22(21)66-32(33,34)35)46-9-40-15-23(36)38-8-39-24(15)46)7-62-73(58,59)69-71(55)68-70(54)60-5-12-17(48)20(51)28(63-12)47-10-44(2)16-25(47)42-30(37)43-26(16)52/h3-4,8-10,12-14,17-22,27-29,48-51,54-55H,1,5-7H2,2H3,(H7-,36,37,38,39,41,42,43,52,53,56,57,58,59)/p+1/t12-,13-,14-,17?,18?,19+,20+,21?,22+,27-,28-,29-,70?,71?/m1/s1. The monoisotopic (exact) mass is 1130 g/mol. The van der Waals surface area contributed by atoms with Crippen LogP contribution in [0.15, 0.2) is 48.3 Å². The predicted molar refractivity (Wildman–Crippen MR) is 229 cm³/mol. The summed E-state index contributed by atoms with van der Waals surface area (Å²) >= 11 is 0. The highest BCUT2D eigenvalue weighted by molar-refractivity contribution is 7.62. The maximum atomic E-state index is 14.1. The lowest BCUT2D eigenvalue weighted by molar-refractivity contribution is -0.745. The number of hydrogen-bond donors (Lipinski definition) is 12. The molecule has 4 aliphatic heterocycles. The molecule has 2 amide bonds. The number of carbonyl (C=O) groups is 1. The van der Waals surface area contributed by atoms with Crippen LogP contribution in [-0.2, 0) is 61.8 Å². The number of anilines is 2. The van der Waals surface area contributed by atoms with Crippen molar-refractivity contribution in [3.63, 3.8) is 0 Å². The van der Waals surface area contributed by atoms with Gasteiger partial charge in [-0.05, 0) is 6.08 Å². The van der Waals surface area contributed by atoms with Gasteiger partial charge >= 0.3 is 50.9 Å². The number of phosphoric ester groups is 2. The zero-order chi connectivity index (χ0) is 53.1. The Morgan fingerprint density at radius 3 is 2.29 bits per heavy atom. The number of allylic oxidation sites excluding steroid dienone is 1. The van der Waals surface area contributed by atoms with Crippen LogP contribution < -0.4 is 26.9 Å². The number of aromatic amines is 1. The van der Waals surface area contributed by atoms with Gasteiger partial charge in [-0.3, -0.25) is 42.1 Å². The van der Waals surface area contributed by atoms with Crippen molar-refractivity contribution in [1.29, 1.82) is 0 Å². The number of aromatic nitrogens is 8. The largest absolute Gasteiger partial charge is 0.523 e. The average Bonchev–Trinajstić information content (AvgIpc) is 4.08. The number of nitrogens with zero attached hydrogens (tertiary/aromatic N) is 8. The van der Waals surface area contributed by atoms with Gasteiger partial charge < -0.3 is 75.5 Å². The third-order valence-corrected chi connectivity index (χ3v) is 15.2. The molecule has 14 N–H and O–H groups in total. The van der Waals surface area contributed by atoms with Crippen LogP contribution in [0.25, 0.3) is 22.3 Å². The number of H-pyrrole nitrogens is 1. The molecule has 4 aliphatic rings. The Labute approximate surface area is 406 Å². The maximum absolute atomic E-state index is 14.1. The van der Waals surface area contributed by atoms with E-state index in [9.17, 15) is 71.9 Å². The van der Waals surface area contributed by atoms with Gasteiger partial charge in [0, 0.05) is 11.9 Å². The van der Waals surface area contributed by atoms with E-state index in [1.165, 1.54) is 28.6 Å². The van der Waals surface area contributed by atoms with Gasteiger partial charge in [-0.25, -0.2) is 42.1 Å². The molecular formula is C32H42F3N12O22P4+. The highest BCUT2D eigenvalue weighted by Gasteiger charge is 2.56. The number of fused-ring (bicyclic) bond motifs is 2. The third-order valence-electron chi connectivity index (χ3n) is 10.9. The zero-order valence-corrected chi connectivity index (χ0v) is 40.2. The number of aliphatic hydroxyl groups excluding tert-OH is 4. The van der Waals surface area contributed by atoms with Gasteiger partial charge in [0.25, 0.3) is 11.5 Å². The molecule has 34 nitrogen and oxygen atoms in total. The first-order chi connectivity index (χ1) is 34.2. The van der Waals surface area contributed by atoms with E-state index < -0.39 is 144 Å². The van der Waals surface area contributed by atoms with E-state index in [0.29, 0.717) is 0 Å². The van der Waals surface area contributed by atoms with E-state index in [2.05, 4.69) is 45.9 Å². The third kappa shape index (κ3) is 12.0. The van der Waals surface area contributed by atoms with Crippen molar-refractivity contribution in [3.05, 3.63) is 53.9 Å². The van der Waals surface area contributed by atoms with Crippen molar-refractivity contribution in [1.82, 2.24) is 44.3 Å². The van der Waals surface area contributed by atoms with Crippen LogP contribution in [0.2, 0.25) is 0 Å². The topological polar surface area (TPSA) is 471 Å². The van der Waals surface area contributed by atoms with Crippen LogP contribution in [0.1, 0.15) is 12.5 Å². The maximum Gasteiger partial charge on any atom is 0.523 e. The van der Waals surface area contributed by atoms with E-state index in [-0.39, 0.29) is 39.8 Å². The molecule has 7 unspecified atom stereocenters. The number of nitrogens with two attached hydrogens (primary N) is 2. The second-order valence-corrected chi connectivity index (χ2v) is 20.9. The fraction of sp³-hybridized carbons (Fsp3) is 0.531. The molecule has 4 aromatic heterocycles. The van der Waals surface area contributed by atoms with E-state index in [1.54, 1.807) is 0 Å². The Morgan fingerprint density at radius 2 is 1.58 bits per heavy atom. The van der Waals surface area contributed by atoms with Crippen molar-refractivity contribution < 1.29 is 117 Å². The molecule has 73 heavy (non-hydrogen) atoms.